The van der Waals surface area contributed by atoms with E-state index in [0.29, 0.717) is 0 Å². The number of carbonyl (C=O) groups excluding carboxylic acids is 3. The van der Waals surface area contributed by atoms with Crippen LogP contribution in [0, 0.1) is 0 Å². The van der Waals surface area contributed by atoms with E-state index in [4.69, 9.17) is 15.0 Å². The van der Waals surface area contributed by atoms with Gasteiger partial charge in [-0.25, -0.2) is 4.79 Å². The number of ketones is 3. The van der Waals surface area contributed by atoms with E-state index in [2.05, 4.69) is 0 Å². The molecule has 6 nitrogen and oxygen atoms in total. The van der Waals surface area contributed by atoms with Crippen LogP contribution in [0.3, 0.4) is 0 Å². The van der Waals surface area contributed by atoms with Gasteiger partial charge in [0.25, 0.3) is 0 Å². The van der Waals surface area contributed by atoms with Crippen LogP contribution in [0.4, 0.5) is 4.79 Å². The molecule has 0 aromatic heterocycles. The zero-order valence-electron chi connectivity index (χ0n) is 34.4. The van der Waals surface area contributed by atoms with Gasteiger partial charge in [-0.3, -0.25) is 14.4 Å². The Balaban J connectivity index is 0. The van der Waals surface area contributed by atoms with E-state index < -0.39 is 6.16 Å². The molecule has 2 N–H and O–H groups in total. The minimum Gasteiger partial charge on any atom is -1.00 e. The summed E-state index contributed by atoms with van der Waals surface area (Å²) in [6.07, 6.45) is 18.5. The molecule has 0 aliphatic heterocycles. The third-order valence-electron chi connectivity index (χ3n) is 7.44. The Kier molecular flexibility index (Phi) is 33.4. The molecule has 0 saturated heterocycles. The SMILES string of the molecule is O=C(C=Cc1ccccc1)C=Cc1ccccc1.O=C(C=Cc1ccccc1)C=Cc1ccccc1.O=C(C=Cc1ccccc1)C=Cc1ccccc1.O=C(O)O.[Cs+].[H-].[Pd].[Pd]. The van der Waals surface area contributed by atoms with Crippen molar-refractivity contribution in [3.8, 4) is 0 Å². The van der Waals surface area contributed by atoms with Crippen LogP contribution in [0.25, 0.3) is 36.5 Å². The molecule has 310 valence electrons. The van der Waals surface area contributed by atoms with Gasteiger partial charge in [-0.15, -0.1) is 0 Å². The fraction of sp³-hybridized carbons (Fsp3) is 0. The van der Waals surface area contributed by atoms with E-state index in [-0.39, 0.29) is 129 Å². The van der Waals surface area contributed by atoms with Crippen molar-refractivity contribution in [2.24, 2.45) is 0 Å². The average Bonchev–Trinajstić information content (AvgIpc) is 3.27. The largest absolute Gasteiger partial charge is 1.00 e. The quantitative estimate of drug-likeness (QED) is 0.0935. The first kappa shape index (κ1) is 56.4. The van der Waals surface area contributed by atoms with Crippen molar-refractivity contribution in [1.82, 2.24) is 0 Å². The fourth-order valence-electron chi connectivity index (χ4n) is 4.62. The van der Waals surface area contributed by atoms with Gasteiger partial charge in [0.15, 0.2) is 17.3 Å². The molecule has 0 unspecified atom stereocenters. The van der Waals surface area contributed by atoms with Crippen molar-refractivity contribution in [1.29, 1.82) is 0 Å². The summed E-state index contributed by atoms with van der Waals surface area (Å²) in [5.74, 6) is -0.0341. The molecule has 0 spiro atoms. The van der Waals surface area contributed by atoms with Crippen molar-refractivity contribution >= 4 is 60.0 Å². The van der Waals surface area contributed by atoms with Crippen LogP contribution < -0.4 is 68.9 Å². The second-order valence-corrected chi connectivity index (χ2v) is 12.0. The number of carbonyl (C=O) groups is 4. The molecule has 0 atom stereocenters. The smallest absolute Gasteiger partial charge is 1.00 e. The zero-order valence-corrected chi connectivity index (χ0v) is 42.8. The van der Waals surface area contributed by atoms with E-state index in [1.54, 1.807) is 36.5 Å². The number of hydrogen-bond acceptors (Lipinski definition) is 4. The molecule has 6 aromatic rings. The summed E-state index contributed by atoms with van der Waals surface area (Å²) >= 11 is 0. The molecule has 0 radical (unpaired) electrons. The van der Waals surface area contributed by atoms with Gasteiger partial charge in [0.05, 0.1) is 0 Å². The molecule has 0 bridgehead atoms. The first-order valence-corrected chi connectivity index (χ1v) is 18.2. The van der Waals surface area contributed by atoms with Gasteiger partial charge in [-0.05, 0) is 69.8 Å². The van der Waals surface area contributed by atoms with Crippen molar-refractivity contribution in [2.45, 2.75) is 0 Å². The Morgan fingerprint density at radius 3 is 0.525 bits per heavy atom. The fourth-order valence-corrected chi connectivity index (χ4v) is 4.62. The van der Waals surface area contributed by atoms with Gasteiger partial charge >= 0.3 is 75.0 Å². The maximum atomic E-state index is 11.6. The summed E-state index contributed by atoms with van der Waals surface area (Å²) in [7, 11) is 0. The minimum atomic E-state index is -1.83. The Bertz CT molecular complexity index is 1890. The number of carboxylic acid groups (broad SMARTS) is 2. The predicted octanol–water partition coefficient (Wildman–Crippen LogP) is 9.28. The summed E-state index contributed by atoms with van der Waals surface area (Å²) < 4.78 is 0. The first-order valence-electron chi connectivity index (χ1n) is 18.2. The second-order valence-electron chi connectivity index (χ2n) is 12.0. The normalized spacial score (nSPS) is 10.2. The third-order valence-corrected chi connectivity index (χ3v) is 7.44. The van der Waals surface area contributed by atoms with E-state index >= 15 is 0 Å². The van der Waals surface area contributed by atoms with Crippen LogP contribution in [0.5, 0.6) is 0 Å². The summed E-state index contributed by atoms with van der Waals surface area (Å²) in [4.78, 5) is 43.4. The Labute approximate surface area is 446 Å². The molecular formula is C52H45CsO6Pd2. The van der Waals surface area contributed by atoms with Crippen LogP contribution in [0.15, 0.2) is 218 Å². The molecule has 0 heterocycles. The van der Waals surface area contributed by atoms with E-state index in [1.807, 2.05) is 218 Å². The molecule has 0 amide bonds. The van der Waals surface area contributed by atoms with Crippen molar-refractivity contribution in [2.75, 3.05) is 0 Å². The van der Waals surface area contributed by atoms with E-state index in [9.17, 15) is 14.4 Å². The molecule has 61 heavy (non-hydrogen) atoms. The summed E-state index contributed by atoms with van der Waals surface area (Å²) in [5, 5.41) is 13.9. The van der Waals surface area contributed by atoms with Crippen LogP contribution >= 0.6 is 0 Å². The number of rotatable bonds is 12. The monoisotopic (exact) mass is 1110 g/mol. The average molecular weight is 1110 g/mol. The summed E-state index contributed by atoms with van der Waals surface area (Å²) in [6, 6.07) is 58.7. The van der Waals surface area contributed by atoms with Crippen molar-refractivity contribution in [3.63, 3.8) is 0 Å². The van der Waals surface area contributed by atoms with Crippen LogP contribution in [-0.4, -0.2) is 33.7 Å². The molecule has 0 saturated carbocycles. The van der Waals surface area contributed by atoms with E-state index in [1.165, 1.54) is 0 Å². The Hall–Kier alpha value is -4.58. The summed E-state index contributed by atoms with van der Waals surface area (Å²) in [6.45, 7) is 0. The molecule has 6 rings (SSSR count). The molecule has 6 aromatic carbocycles. The third kappa shape index (κ3) is 29.3. The molecule has 0 aliphatic carbocycles. The maximum absolute atomic E-state index is 11.6. The Morgan fingerprint density at radius 2 is 0.410 bits per heavy atom. The van der Waals surface area contributed by atoms with Gasteiger partial charge < -0.3 is 11.6 Å². The van der Waals surface area contributed by atoms with Crippen LogP contribution in [0.1, 0.15) is 34.8 Å². The number of benzene rings is 6. The topological polar surface area (TPSA) is 109 Å². The van der Waals surface area contributed by atoms with Gasteiger partial charge in [0.1, 0.15) is 0 Å². The second kappa shape index (κ2) is 36.1. The van der Waals surface area contributed by atoms with Crippen LogP contribution in [0.2, 0.25) is 0 Å². The minimum absolute atomic E-state index is 0. The predicted molar refractivity (Wildman–Crippen MR) is 240 cm³/mol. The van der Waals surface area contributed by atoms with Crippen molar-refractivity contribution in [3.05, 3.63) is 252 Å². The maximum Gasteiger partial charge on any atom is 1.00 e. The van der Waals surface area contributed by atoms with Gasteiger partial charge in [-0.1, -0.05) is 218 Å². The molecule has 9 heteroatoms. The zero-order chi connectivity index (χ0) is 41.5. The standard InChI is InChI=1S/3C17H14O.CH2O3.Cs.2Pd.H/c3*18-17(13-11-15-7-3-1-4-8-15)14-12-16-9-5-2-6-10-16;2-1(3)4;;;;/h3*1-14H;(H2,2,3,4);;;;/q;;;;+1;;;-1. The van der Waals surface area contributed by atoms with Gasteiger partial charge in [0, 0.05) is 40.8 Å². The Morgan fingerprint density at radius 1 is 0.295 bits per heavy atom. The van der Waals surface area contributed by atoms with Crippen molar-refractivity contribution < 1.29 is 141 Å². The molecule has 0 aliphatic rings. The number of allylic oxidation sites excluding steroid dienone is 6. The van der Waals surface area contributed by atoms with E-state index in [0.717, 1.165) is 33.4 Å². The van der Waals surface area contributed by atoms with Crippen LogP contribution in [-0.2, 0) is 55.2 Å². The first-order chi connectivity index (χ1) is 28.3. The summed E-state index contributed by atoms with van der Waals surface area (Å²) in [5.41, 5.74) is 6.16. The number of hydrogen-bond donors (Lipinski definition) is 2. The molecule has 0 fully saturated rings. The van der Waals surface area contributed by atoms with Gasteiger partial charge in [0.2, 0.25) is 0 Å². The molecular weight excluding hydrogens is 1070 g/mol. The van der Waals surface area contributed by atoms with Gasteiger partial charge in [-0.2, -0.15) is 0 Å².